The second-order valence-electron chi connectivity index (χ2n) is 7.61. The van der Waals surface area contributed by atoms with Crippen LogP contribution in [0.4, 0.5) is 13.2 Å². The molecule has 0 unspecified atom stereocenters. The number of halogens is 4. The van der Waals surface area contributed by atoms with Crippen LogP contribution in [0.1, 0.15) is 41.2 Å². The van der Waals surface area contributed by atoms with Gasteiger partial charge in [-0.15, -0.1) is 0 Å². The van der Waals surface area contributed by atoms with Crippen molar-refractivity contribution in [3.63, 3.8) is 0 Å². The highest BCUT2D eigenvalue weighted by Gasteiger charge is 2.71. The lowest BCUT2D eigenvalue weighted by atomic mass is 9.39. The number of fused-ring (bicyclic) bond motifs is 1. The molecule has 144 valence electrons. The standard InChI is InChI=1S/C19H13ClF3N3O2/c20-11-2-3-13-12(5-11)25-16(28-13)17-7-18(8-17,9-17)26-15(27)10-1-4-14(24-6-10)19(21,22)23/h1-6H,7-9H2,(H,26,27). The minimum atomic E-state index is -4.53. The van der Waals surface area contributed by atoms with Gasteiger partial charge in [-0.05, 0) is 49.6 Å². The van der Waals surface area contributed by atoms with Gasteiger partial charge in [0.2, 0.25) is 5.89 Å². The number of alkyl halides is 3. The van der Waals surface area contributed by atoms with Crippen molar-refractivity contribution in [3.05, 3.63) is 58.7 Å². The van der Waals surface area contributed by atoms with E-state index in [1.54, 1.807) is 18.2 Å². The molecule has 0 saturated heterocycles. The molecule has 6 rings (SSSR count). The molecule has 0 spiro atoms. The summed E-state index contributed by atoms with van der Waals surface area (Å²) in [6, 6.07) is 7.19. The molecule has 2 aromatic heterocycles. The van der Waals surface area contributed by atoms with Crippen molar-refractivity contribution in [2.45, 2.75) is 36.4 Å². The summed E-state index contributed by atoms with van der Waals surface area (Å²) < 4.78 is 43.6. The minimum absolute atomic E-state index is 0.100. The van der Waals surface area contributed by atoms with Crippen LogP contribution in [-0.4, -0.2) is 21.4 Å². The fraction of sp³-hybridized carbons (Fsp3) is 0.316. The van der Waals surface area contributed by atoms with Gasteiger partial charge in [0.25, 0.3) is 5.91 Å². The van der Waals surface area contributed by atoms with Crippen molar-refractivity contribution in [1.82, 2.24) is 15.3 Å². The Morgan fingerprint density at radius 1 is 1.18 bits per heavy atom. The Hall–Kier alpha value is -2.61. The number of oxazole rings is 1. The third-order valence-corrected chi connectivity index (χ3v) is 5.76. The second-order valence-corrected chi connectivity index (χ2v) is 8.04. The smallest absolute Gasteiger partial charge is 0.433 e. The van der Waals surface area contributed by atoms with Gasteiger partial charge in [-0.2, -0.15) is 13.2 Å². The molecule has 28 heavy (non-hydrogen) atoms. The highest BCUT2D eigenvalue weighted by atomic mass is 35.5. The van der Waals surface area contributed by atoms with E-state index in [0.29, 0.717) is 41.3 Å². The molecule has 2 heterocycles. The predicted octanol–water partition coefficient (Wildman–Crippen LogP) is 4.50. The van der Waals surface area contributed by atoms with Crippen molar-refractivity contribution in [2.24, 2.45) is 0 Å². The van der Waals surface area contributed by atoms with Gasteiger partial charge in [-0.25, -0.2) is 4.98 Å². The van der Waals surface area contributed by atoms with E-state index in [-0.39, 0.29) is 16.5 Å². The first kappa shape index (κ1) is 17.5. The van der Waals surface area contributed by atoms with Gasteiger partial charge in [0, 0.05) is 16.8 Å². The van der Waals surface area contributed by atoms with Gasteiger partial charge in [-0.3, -0.25) is 9.78 Å². The number of aromatic nitrogens is 2. The molecule has 5 nitrogen and oxygen atoms in total. The van der Waals surface area contributed by atoms with E-state index < -0.39 is 17.8 Å². The van der Waals surface area contributed by atoms with Crippen LogP contribution in [0.2, 0.25) is 5.02 Å². The first-order valence-electron chi connectivity index (χ1n) is 8.61. The molecular formula is C19H13ClF3N3O2. The number of nitrogens with one attached hydrogen (secondary N) is 1. The molecule has 3 fully saturated rings. The largest absolute Gasteiger partial charge is 0.440 e. The molecule has 0 radical (unpaired) electrons. The Bertz CT molecular complexity index is 1090. The summed E-state index contributed by atoms with van der Waals surface area (Å²) in [5, 5.41) is 3.50. The van der Waals surface area contributed by atoms with Crippen LogP contribution in [-0.2, 0) is 11.6 Å². The predicted molar refractivity (Wildman–Crippen MR) is 94.0 cm³/mol. The molecule has 0 atom stereocenters. The summed E-state index contributed by atoms with van der Waals surface area (Å²) in [5.74, 6) is 0.205. The SMILES string of the molecule is O=C(NC12CC(c3nc4cc(Cl)ccc4o3)(C1)C2)c1ccc(C(F)(F)F)nc1. The van der Waals surface area contributed by atoms with Crippen molar-refractivity contribution >= 4 is 28.6 Å². The number of carbonyl (C=O) groups is 1. The number of hydrogen-bond donors (Lipinski definition) is 1. The fourth-order valence-corrected chi connectivity index (χ4v) is 4.45. The van der Waals surface area contributed by atoms with Gasteiger partial charge in [0.1, 0.15) is 11.2 Å². The first-order chi connectivity index (χ1) is 13.2. The first-order valence-corrected chi connectivity index (χ1v) is 8.98. The van der Waals surface area contributed by atoms with E-state index in [0.717, 1.165) is 18.3 Å². The lowest BCUT2D eigenvalue weighted by Crippen LogP contribution is -2.76. The van der Waals surface area contributed by atoms with Crippen LogP contribution in [0, 0.1) is 0 Å². The number of rotatable bonds is 3. The van der Waals surface area contributed by atoms with Crippen molar-refractivity contribution < 1.29 is 22.4 Å². The molecule has 3 saturated carbocycles. The Morgan fingerprint density at radius 2 is 1.93 bits per heavy atom. The molecule has 3 aliphatic rings. The number of benzene rings is 1. The second kappa shape index (κ2) is 5.47. The number of pyridine rings is 1. The molecule has 9 heteroatoms. The molecule has 1 aromatic carbocycles. The summed E-state index contributed by atoms with van der Waals surface area (Å²) in [6.07, 6.45) is -1.54. The van der Waals surface area contributed by atoms with Gasteiger partial charge >= 0.3 is 6.18 Å². The number of nitrogens with zero attached hydrogens (tertiary/aromatic N) is 2. The normalized spacial score (nSPS) is 25.9. The Morgan fingerprint density at radius 3 is 2.57 bits per heavy atom. The molecule has 2 bridgehead atoms. The average Bonchev–Trinajstić information content (AvgIpc) is 2.98. The van der Waals surface area contributed by atoms with Crippen molar-refractivity contribution in [2.75, 3.05) is 0 Å². The number of amides is 1. The van der Waals surface area contributed by atoms with Crippen molar-refractivity contribution in [1.29, 1.82) is 0 Å². The zero-order chi connectivity index (χ0) is 19.7. The lowest BCUT2D eigenvalue weighted by Gasteiger charge is -2.68. The van der Waals surface area contributed by atoms with E-state index in [4.69, 9.17) is 16.0 Å². The maximum absolute atomic E-state index is 12.6. The minimum Gasteiger partial charge on any atom is -0.440 e. The maximum atomic E-state index is 12.6. The molecule has 3 aliphatic carbocycles. The Balaban J connectivity index is 1.27. The van der Waals surface area contributed by atoms with Crippen LogP contribution >= 0.6 is 11.6 Å². The van der Waals surface area contributed by atoms with E-state index in [2.05, 4.69) is 15.3 Å². The Kier molecular flexibility index (Phi) is 3.42. The summed E-state index contributed by atoms with van der Waals surface area (Å²) in [5.41, 5.74) is -0.123. The molecular weight excluding hydrogens is 395 g/mol. The highest BCUT2D eigenvalue weighted by molar-refractivity contribution is 6.31. The van der Waals surface area contributed by atoms with E-state index in [9.17, 15) is 18.0 Å². The van der Waals surface area contributed by atoms with Crippen molar-refractivity contribution in [3.8, 4) is 0 Å². The monoisotopic (exact) mass is 407 g/mol. The van der Waals surface area contributed by atoms with E-state index >= 15 is 0 Å². The van der Waals surface area contributed by atoms with Gasteiger partial charge in [0.15, 0.2) is 5.58 Å². The van der Waals surface area contributed by atoms with Gasteiger partial charge < -0.3 is 9.73 Å². The van der Waals surface area contributed by atoms with Gasteiger partial charge in [-0.1, -0.05) is 11.6 Å². The van der Waals surface area contributed by atoms with Crippen LogP contribution < -0.4 is 5.32 Å². The third kappa shape index (κ3) is 2.58. The number of hydrogen-bond acceptors (Lipinski definition) is 4. The molecule has 1 amide bonds. The topological polar surface area (TPSA) is 68.0 Å². The molecule has 3 aromatic rings. The van der Waals surface area contributed by atoms with Crippen LogP contribution in [0.15, 0.2) is 40.9 Å². The summed E-state index contributed by atoms with van der Waals surface area (Å²) in [7, 11) is 0. The van der Waals surface area contributed by atoms with Gasteiger partial charge in [0.05, 0.1) is 11.0 Å². The Labute approximate surface area is 161 Å². The van der Waals surface area contributed by atoms with Crippen LogP contribution in [0.5, 0.6) is 0 Å². The molecule has 1 N–H and O–H groups in total. The molecule has 0 aliphatic heterocycles. The highest BCUT2D eigenvalue weighted by Crippen LogP contribution is 2.67. The van der Waals surface area contributed by atoms with Crippen LogP contribution in [0.25, 0.3) is 11.1 Å². The van der Waals surface area contributed by atoms with Crippen LogP contribution in [0.3, 0.4) is 0 Å². The number of carbonyl (C=O) groups excluding carboxylic acids is 1. The fourth-order valence-electron chi connectivity index (χ4n) is 4.28. The summed E-state index contributed by atoms with van der Waals surface area (Å²) >= 11 is 5.98. The summed E-state index contributed by atoms with van der Waals surface area (Å²) in [6.45, 7) is 0. The van der Waals surface area contributed by atoms with E-state index in [1.165, 1.54) is 0 Å². The third-order valence-electron chi connectivity index (χ3n) is 5.53. The zero-order valence-corrected chi connectivity index (χ0v) is 15.1. The maximum Gasteiger partial charge on any atom is 0.433 e. The lowest BCUT2D eigenvalue weighted by molar-refractivity contribution is -0.141. The zero-order valence-electron chi connectivity index (χ0n) is 14.3. The summed E-state index contributed by atoms with van der Waals surface area (Å²) in [4.78, 5) is 20.2. The quantitative estimate of drug-likeness (QED) is 0.694. The average molecular weight is 408 g/mol. The van der Waals surface area contributed by atoms with E-state index in [1.807, 2.05) is 0 Å².